The van der Waals surface area contributed by atoms with E-state index in [1.54, 1.807) is 0 Å². The molecule has 88 valence electrons. The summed E-state index contributed by atoms with van der Waals surface area (Å²) in [4.78, 5) is 0. The highest BCUT2D eigenvalue weighted by Crippen LogP contribution is 2.41. The molecule has 1 spiro atoms. The van der Waals surface area contributed by atoms with Gasteiger partial charge in [0.25, 0.3) is 0 Å². The number of hydrogen-bond donors (Lipinski definition) is 0. The van der Waals surface area contributed by atoms with Gasteiger partial charge in [-0.15, -0.1) is 0 Å². The molecule has 0 radical (unpaired) electrons. The number of hydrogen-bond acceptors (Lipinski definition) is 2. The van der Waals surface area contributed by atoms with E-state index in [1.165, 1.54) is 32.1 Å². The largest absolute Gasteiger partial charge is 0.350 e. The predicted octanol–water partition coefficient (Wildman–Crippen LogP) is 3.50. The summed E-state index contributed by atoms with van der Waals surface area (Å²) in [6.45, 7) is 5.40. The van der Waals surface area contributed by atoms with Gasteiger partial charge in [0.05, 0.1) is 12.7 Å². The minimum absolute atomic E-state index is 0.175. The van der Waals surface area contributed by atoms with Crippen molar-refractivity contribution in [1.29, 1.82) is 0 Å². The molecular formula is C13H24O2. The second-order valence-electron chi connectivity index (χ2n) is 5.04. The fourth-order valence-corrected chi connectivity index (χ4v) is 2.91. The zero-order valence-corrected chi connectivity index (χ0v) is 10.1. The van der Waals surface area contributed by atoms with Crippen molar-refractivity contribution in [1.82, 2.24) is 0 Å². The molecule has 1 heterocycles. The molecule has 0 aromatic rings. The molecule has 2 heteroatoms. The molecule has 2 nitrogen and oxygen atoms in total. The Balaban J connectivity index is 1.98. The lowest BCUT2D eigenvalue weighted by Crippen LogP contribution is -2.47. The summed E-state index contributed by atoms with van der Waals surface area (Å²) in [5, 5.41) is 0. The summed E-state index contributed by atoms with van der Waals surface area (Å²) in [6, 6.07) is 0. The average molecular weight is 212 g/mol. The minimum Gasteiger partial charge on any atom is -0.350 e. The van der Waals surface area contributed by atoms with Gasteiger partial charge in [0.2, 0.25) is 0 Å². The zero-order valence-electron chi connectivity index (χ0n) is 10.1. The molecule has 2 rings (SSSR count). The average Bonchev–Trinajstić information content (AvgIpc) is 2.68. The maximum atomic E-state index is 6.26. The molecule has 0 unspecified atom stereocenters. The van der Waals surface area contributed by atoms with Crippen molar-refractivity contribution in [3.63, 3.8) is 0 Å². The van der Waals surface area contributed by atoms with Crippen LogP contribution in [0.15, 0.2) is 0 Å². The Morgan fingerprint density at radius 2 is 1.93 bits per heavy atom. The molecule has 2 aliphatic rings. The van der Waals surface area contributed by atoms with Crippen LogP contribution in [0.1, 0.15) is 58.8 Å². The van der Waals surface area contributed by atoms with Crippen molar-refractivity contribution in [3.8, 4) is 0 Å². The smallest absolute Gasteiger partial charge is 0.168 e. The molecule has 1 saturated carbocycles. The fraction of sp³-hybridized carbons (Fsp3) is 1.00. The van der Waals surface area contributed by atoms with Gasteiger partial charge in [0.15, 0.2) is 5.79 Å². The van der Waals surface area contributed by atoms with Gasteiger partial charge in [-0.3, -0.25) is 0 Å². The lowest BCUT2D eigenvalue weighted by atomic mass is 9.94. The Bertz CT molecular complexity index is 197. The molecule has 1 saturated heterocycles. The van der Waals surface area contributed by atoms with Crippen LogP contribution < -0.4 is 0 Å². The molecule has 2 atom stereocenters. The SMILES string of the molecule is CCC[C@H]1OC2(CCCC2)OC[C@H]1CC. The maximum absolute atomic E-state index is 6.26. The topological polar surface area (TPSA) is 18.5 Å². The first kappa shape index (κ1) is 11.4. The Morgan fingerprint density at radius 1 is 1.20 bits per heavy atom. The van der Waals surface area contributed by atoms with Crippen LogP contribution in [0.5, 0.6) is 0 Å². The Kier molecular flexibility index (Phi) is 3.68. The quantitative estimate of drug-likeness (QED) is 0.713. The third-order valence-corrected chi connectivity index (χ3v) is 3.92. The fourth-order valence-electron chi connectivity index (χ4n) is 2.91. The highest BCUT2D eigenvalue weighted by Gasteiger charge is 2.43. The van der Waals surface area contributed by atoms with Crippen molar-refractivity contribution < 1.29 is 9.47 Å². The third-order valence-electron chi connectivity index (χ3n) is 3.92. The Labute approximate surface area is 93.3 Å². The van der Waals surface area contributed by atoms with Gasteiger partial charge in [-0.05, 0) is 25.7 Å². The van der Waals surface area contributed by atoms with E-state index in [0.717, 1.165) is 19.4 Å². The Hall–Kier alpha value is -0.0800. The van der Waals surface area contributed by atoms with E-state index >= 15 is 0 Å². The van der Waals surface area contributed by atoms with Crippen molar-refractivity contribution in [2.24, 2.45) is 5.92 Å². The second-order valence-corrected chi connectivity index (χ2v) is 5.04. The predicted molar refractivity (Wildman–Crippen MR) is 60.7 cm³/mol. The van der Waals surface area contributed by atoms with Crippen LogP contribution in [0, 0.1) is 5.92 Å². The summed E-state index contributed by atoms with van der Waals surface area (Å²) in [7, 11) is 0. The van der Waals surface area contributed by atoms with Gasteiger partial charge in [0, 0.05) is 18.8 Å². The van der Waals surface area contributed by atoms with Crippen LogP contribution >= 0.6 is 0 Å². The summed E-state index contributed by atoms with van der Waals surface area (Å²) < 4.78 is 12.2. The number of rotatable bonds is 3. The van der Waals surface area contributed by atoms with Crippen LogP contribution in [0.3, 0.4) is 0 Å². The molecular weight excluding hydrogens is 188 g/mol. The van der Waals surface area contributed by atoms with E-state index in [-0.39, 0.29) is 5.79 Å². The third kappa shape index (κ3) is 2.36. The molecule has 1 aliphatic carbocycles. The van der Waals surface area contributed by atoms with E-state index < -0.39 is 0 Å². The zero-order chi connectivity index (χ0) is 10.7. The molecule has 0 bridgehead atoms. The van der Waals surface area contributed by atoms with E-state index in [2.05, 4.69) is 13.8 Å². The second kappa shape index (κ2) is 4.84. The van der Waals surface area contributed by atoms with E-state index in [0.29, 0.717) is 12.0 Å². The minimum atomic E-state index is -0.175. The first-order chi connectivity index (χ1) is 7.29. The lowest BCUT2D eigenvalue weighted by Gasteiger charge is -2.43. The first-order valence-electron chi connectivity index (χ1n) is 6.61. The molecule has 15 heavy (non-hydrogen) atoms. The van der Waals surface area contributed by atoms with Gasteiger partial charge < -0.3 is 9.47 Å². The van der Waals surface area contributed by atoms with Crippen LogP contribution in [0.4, 0.5) is 0 Å². The van der Waals surface area contributed by atoms with Gasteiger partial charge in [-0.25, -0.2) is 0 Å². The monoisotopic (exact) mass is 212 g/mol. The van der Waals surface area contributed by atoms with Gasteiger partial charge in [-0.2, -0.15) is 0 Å². The summed E-state index contributed by atoms with van der Waals surface area (Å²) in [5.41, 5.74) is 0. The first-order valence-corrected chi connectivity index (χ1v) is 6.61. The molecule has 0 aromatic heterocycles. The van der Waals surface area contributed by atoms with E-state index in [9.17, 15) is 0 Å². The number of ether oxygens (including phenoxy) is 2. The highest BCUT2D eigenvalue weighted by molar-refractivity contribution is 4.85. The van der Waals surface area contributed by atoms with Gasteiger partial charge >= 0.3 is 0 Å². The van der Waals surface area contributed by atoms with Crippen LogP contribution in [0.25, 0.3) is 0 Å². The summed E-state index contributed by atoms with van der Waals surface area (Å²) in [6.07, 6.45) is 8.83. The lowest BCUT2D eigenvalue weighted by molar-refractivity contribution is -0.308. The van der Waals surface area contributed by atoms with Gasteiger partial charge in [0.1, 0.15) is 0 Å². The Morgan fingerprint density at radius 3 is 2.53 bits per heavy atom. The van der Waals surface area contributed by atoms with E-state index in [1.807, 2.05) is 0 Å². The maximum Gasteiger partial charge on any atom is 0.168 e. The summed E-state index contributed by atoms with van der Waals surface area (Å²) >= 11 is 0. The normalized spacial score (nSPS) is 34.8. The molecule has 0 amide bonds. The van der Waals surface area contributed by atoms with Crippen LogP contribution in [-0.4, -0.2) is 18.5 Å². The van der Waals surface area contributed by atoms with Crippen molar-refractivity contribution in [2.45, 2.75) is 70.7 Å². The van der Waals surface area contributed by atoms with Crippen molar-refractivity contribution in [3.05, 3.63) is 0 Å². The van der Waals surface area contributed by atoms with Crippen molar-refractivity contribution in [2.75, 3.05) is 6.61 Å². The summed E-state index contributed by atoms with van der Waals surface area (Å²) in [5.74, 6) is 0.446. The highest BCUT2D eigenvalue weighted by atomic mass is 16.7. The van der Waals surface area contributed by atoms with Crippen LogP contribution in [-0.2, 0) is 9.47 Å². The molecule has 0 aromatic carbocycles. The van der Waals surface area contributed by atoms with E-state index in [4.69, 9.17) is 9.47 Å². The standard InChI is InChI=1S/C13H24O2/c1-3-7-12-11(4-2)10-14-13(15-12)8-5-6-9-13/h11-12H,3-10H2,1-2H3/t11-,12-/m1/s1. The molecule has 2 fully saturated rings. The van der Waals surface area contributed by atoms with Crippen molar-refractivity contribution >= 4 is 0 Å². The van der Waals surface area contributed by atoms with Crippen LogP contribution in [0.2, 0.25) is 0 Å². The van der Waals surface area contributed by atoms with Gasteiger partial charge in [-0.1, -0.05) is 20.3 Å². The molecule has 0 N–H and O–H groups in total. The molecule has 1 aliphatic heterocycles.